The zero-order valence-corrected chi connectivity index (χ0v) is 14.7. The van der Waals surface area contributed by atoms with Crippen LogP contribution in [0.5, 0.6) is 5.75 Å². The van der Waals surface area contributed by atoms with Crippen molar-refractivity contribution in [2.75, 3.05) is 6.61 Å². The third kappa shape index (κ3) is 9.76. The van der Waals surface area contributed by atoms with Gasteiger partial charge in [-0.3, -0.25) is 0 Å². The van der Waals surface area contributed by atoms with Gasteiger partial charge in [0.2, 0.25) is 0 Å². The highest BCUT2D eigenvalue weighted by atomic mass is 35.5. The van der Waals surface area contributed by atoms with Crippen LogP contribution in [0.4, 0.5) is 0 Å². The number of hydrogen-bond acceptors (Lipinski definition) is 2. The number of rotatable bonds is 11. The second-order valence-corrected chi connectivity index (χ2v) is 5.76. The van der Waals surface area contributed by atoms with Gasteiger partial charge in [-0.05, 0) is 12.5 Å². The van der Waals surface area contributed by atoms with Gasteiger partial charge < -0.3 is 10.1 Å². The normalized spacial score (nSPS) is 10.5. The first kappa shape index (κ1) is 20.3. The van der Waals surface area contributed by atoms with Crippen molar-refractivity contribution in [3.8, 4) is 5.75 Å². The zero-order chi connectivity index (χ0) is 14.6. The van der Waals surface area contributed by atoms with E-state index in [1.165, 1.54) is 37.7 Å². The van der Waals surface area contributed by atoms with E-state index in [0.29, 0.717) is 6.04 Å². The van der Waals surface area contributed by atoms with Gasteiger partial charge in [0, 0.05) is 18.2 Å². The summed E-state index contributed by atoms with van der Waals surface area (Å²) >= 11 is 0. The lowest BCUT2D eigenvalue weighted by atomic mass is 10.1. The molecule has 0 aliphatic heterocycles. The Hall–Kier alpha value is -0.730. The fourth-order valence-electron chi connectivity index (χ4n) is 2.17. The number of hydrogen-bond donors (Lipinski definition) is 1. The SMILES string of the molecule is CCCCCCCCOc1ccccc1CNC(C)C.Cl. The second-order valence-electron chi connectivity index (χ2n) is 5.76. The largest absolute Gasteiger partial charge is 0.493 e. The second kappa shape index (κ2) is 13.0. The van der Waals surface area contributed by atoms with Crippen LogP contribution in [0.15, 0.2) is 24.3 Å². The van der Waals surface area contributed by atoms with Crippen molar-refractivity contribution < 1.29 is 4.74 Å². The molecule has 122 valence electrons. The fourth-order valence-corrected chi connectivity index (χ4v) is 2.17. The Bertz CT molecular complexity index is 355. The number of ether oxygens (including phenoxy) is 1. The highest BCUT2D eigenvalue weighted by Crippen LogP contribution is 2.18. The molecule has 0 atom stereocenters. The summed E-state index contributed by atoms with van der Waals surface area (Å²) in [5, 5.41) is 3.45. The summed E-state index contributed by atoms with van der Waals surface area (Å²) in [6, 6.07) is 8.85. The number of nitrogens with one attached hydrogen (secondary N) is 1. The van der Waals surface area contributed by atoms with E-state index in [0.717, 1.165) is 25.3 Å². The van der Waals surface area contributed by atoms with Crippen LogP contribution >= 0.6 is 12.4 Å². The summed E-state index contributed by atoms with van der Waals surface area (Å²) < 4.78 is 5.94. The van der Waals surface area contributed by atoms with E-state index in [9.17, 15) is 0 Å². The van der Waals surface area contributed by atoms with Crippen LogP contribution in [-0.4, -0.2) is 12.6 Å². The van der Waals surface area contributed by atoms with Crippen molar-refractivity contribution in [2.45, 2.75) is 71.9 Å². The average molecular weight is 314 g/mol. The summed E-state index contributed by atoms with van der Waals surface area (Å²) in [5.74, 6) is 1.04. The minimum Gasteiger partial charge on any atom is -0.493 e. The summed E-state index contributed by atoms with van der Waals surface area (Å²) in [5.41, 5.74) is 1.26. The molecule has 1 N–H and O–H groups in total. The first-order chi connectivity index (χ1) is 9.74. The standard InChI is InChI=1S/C18H31NO.ClH/c1-4-5-6-7-8-11-14-20-18-13-10-9-12-17(18)15-19-16(2)3;/h9-10,12-13,16,19H,4-8,11,14-15H2,1-3H3;1H. The van der Waals surface area contributed by atoms with Crippen LogP contribution in [-0.2, 0) is 6.54 Å². The molecule has 0 saturated carbocycles. The predicted molar refractivity (Wildman–Crippen MR) is 94.5 cm³/mol. The number of unbranched alkanes of at least 4 members (excludes halogenated alkanes) is 5. The van der Waals surface area contributed by atoms with E-state index in [2.05, 4.69) is 50.4 Å². The Balaban J connectivity index is 0.00000400. The maximum atomic E-state index is 5.94. The van der Waals surface area contributed by atoms with Gasteiger partial charge >= 0.3 is 0 Å². The van der Waals surface area contributed by atoms with Crippen LogP contribution in [0, 0.1) is 0 Å². The monoisotopic (exact) mass is 313 g/mol. The molecule has 0 bridgehead atoms. The lowest BCUT2D eigenvalue weighted by molar-refractivity contribution is 0.300. The smallest absolute Gasteiger partial charge is 0.123 e. The highest BCUT2D eigenvalue weighted by molar-refractivity contribution is 5.85. The fraction of sp³-hybridized carbons (Fsp3) is 0.667. The van der Waals surface area contributed by atoms with Crippen molar-refractivity contribution in [1.29, 1.82) is 0 Å². The van der Waals surface area contributed by atoms with Gasteiger partial charge in [-0.2, -0.15) is 0 Å². The van der Waals surface area contributed by atoms with Gasteiger partial charge in [0.15, 0.2) is 0 Å². The zero-order valence-electron chi connectivity index (χ0n) is 13.9. The molecule has 1 aromatic carbocycles. The Morgan fingerprint density at radius 2 is 1.67 bits per heavy atom. The number of halogens is 1. The maximum Gasteiger partial charge on any atom is 0.123 e. The van der Waals surface area contributed by atoms with E-state index in [4.69, 9.17) is 4.74 Å². The third-order valence-electron chi connectivity index (χ3n) is 3.43. The van der Waals surface area contributed by atoms with Crippen molar-refractivity contribution in [3.63, 3.8) is 0 Å². The van der Waals surface area contributed by atoms with Gasteiger partial charge in [-0.1, -0.05) is 71.1 Å². The van der Waals surface area contributed by atoms with Crippen LogP contribution in [0.25, 0.3) is 0 Å². The van der Waals surface area contributed by atoms with Gasteiger partial charge in [-0.25, -0.2) is 0 Å². The molecule has 0 heterocycles. The lowest BCUT2D eigenvalue weighted by Gasteiger charge is -2.13. The number of para-hydroxylation sites is 1. The number of benzene rings is 1. The van der Waals surface area contributed by atoms with E-state index in [-0.39, 0.29) is 12.4 Å². The first-order valence-electron chi connectivity index (χ1n) is 8.18. The topological polar surface area (TPSA) is 21.3 Å². The van der Waals surface area contributed by atoms with E-state index in [1.807, 2.05) is 0 Å². The predicted octanol–water partition coefficient (Wildman–Crippen LogP) is 5.35. The van der Waals surface area contributed by atoms with E-state index in [1.54, 1.807) is 0 Å². The molecule has 0 aromatic heterocycles. The summed E-state index contributed by atoms with van der Waals surface area (Å²) in [6.45, 7) is 8.31. The van der Waals surface area contributed by atoms with Crippen molar-refractivity contribution in [3.05, 3.63) is 29.8 Å². The molecule has 3 heteroatoms. The van der Waals surface area contributed by atoms with Gasteiger partial charge in [0.05, 0.1) is 6.61 Å². The van der Waals surface area contributed by atoms with Gasteiger partial charge in [-0.15, -0.1) is 12.4 Å². The summed E-state index contributed by atoms with van der Waals surface area (Å²) in [7, 11) is 0. The highest BCUT2D eigenvalue weighted by Gasteiger charge is 2.03. The third-order valence-corrected chi connectivity index (χ3v) is 3.43. The molecule has 21 heavy (non-hydrogen) atoms. The molecule has 0 amide bonds. The maximum absolute atomic E-state index is 5.94. The molecule has 0 unspecified atom stereocenters. The minimum absolute atomic E-state index is 0. The summed E-state index contributed by atoms with van der Waals surface area (Å²) in [6.07, 6.45) is 7.83. The van der Waals surface area contributed by atoms with Crippen LogP contribution in [0.3, 0.4) is 0 Å². The molecule has 0 saturated heterocycles. The van der Waals surface area contributed by atoms with Gasteiger partial charge in [0.1, 0.15) is 5.75 Å². The molecular weight excluding hydrogens is 282 g/mol. The van der Waals surface area contributed by atoms with Crippen LogP contribution < -0.4 is 10.1 Å². The molecule has 0 aliphatic rings. The molecule has 0 spiro atoms. The van der Waals surface area contributed by atoms with Crippen molar-refractivity contribution >= 4 is 12.4 Å². The van der Waals surface area contributed by atoms with E-state index < -0.39 is 0 Å². The minimum atomic E-state index is 0. The Morgan fingerprint density at radius 3 is 2.38 bits per heavy atom. The van der Waals surface area contributed by atoms with Crippen molar-refractivity contribution in [1.82, 2.24) is 5.32 Å². The quantitative estimate of drug-likeness (QED) is 0.556. The lowest BCUT2D eigenvalue weighted by Crippen LogP contribution is -2.22. The molecule has 0 fully saturated rings. The van der Waals surface area contributed by atoms with Crippen LogP contribution in [0.1, 0.15) is 64.9 Å². The van der Waals surface area contributed by atoms with Crippen molar-refractivity contribution in [2.24, 2.45) is 0 Å². The molecule has 1 rings (SSSR count). The molecule has 1 aromatic rings. The molecule has 0 radical (unpaired) electrons. The Labute approximate surface area is 137 Å². The molecule has 0 aliphatic carbocycles. The molecular formula is C18H32ClNO. The Morgan fingerprint density at radius 1 is 1.00 bits per heavy atom. The average Bonchev–Trinajstić information content (AvgIpc) is 2.45. The van der Waals surface area contributed by atoms with Gasteiger partial charge in [0.25, 0.3) is 0 Å². The van der Waals surface area contributed by atoms with Crippen LogP contribution in [0.2, 0.25) is 0 Å². The Kier molecular flexibility index (Phi) is 12.5. The molecule has 2 nitrogen and oxygen atoms in total. The first-order valence-corrected chi connectivity index (χ1v) is 8.18. The summed E-state index contributed by atoms with van der Waals surface area (Å²) in [4.78, 5) is 0. The van der Waals surface area contributed by atoms with E-state index >= 15 is 0 Å².